The molecule has 0 radical (unpaired) electrons. The largest absolute Gasteiger partial charge is 0.322 e. The fourth-order valence-electron chi connectivity index (χ4n) is 1.90. The Hall–Kier alpha value is -2.47. The maximum Gasteiger partial charge on any atom is 0.258 e. The minimum absolute atomic E-state index is 0.215. The molecule has 1 aromatic carbocycles. The SMILES string of the molecule is O=C(Nc1cccc(-n2cccn2)c1)c1cccnc1Br. The van der Waals surface area contributed by atoms with Crippen LogP contribution in [0.4, 0.5) is 5.69 Å². The topological polar surface area (TPSA) is 59.8 Å². The van der Waals surface area contributed by atoms with Crippen molar-refractivity contribution in [2.24, 2.45) is 0 Å². The minimum Gasteiger partial charge on any atom is -0.322 e. The highest BCUT2D eigenvalue weighted by Gasteiger charge is 2.10. The number of rotatable bonds is 3. The summed E-state index contributed by atoms with van der Waals surface area (Å²) in [5.41, 5.74) is 2.06. The van der Waals surface area contributed by atoms with E-state index in [4.69, 9.17) is 0 Å². The van der Waals surface area contributed by atoms with Crippen LogP contribution in [0.1, 0.15) is 10.4 Å². The molecule has 0 bridgehead atoms. The maximum atomic E-state index is 12.2. The molecule has 6 heteroatoms. The summed E-state index contributed by atoms with van der Waals surface area (Å²) in [6.07, 6.45) is 5.18. The van der Waals surface area contributed by atoms with Crippen molar-refractivity contribution < 1.29 is 4.79 Å². The first-order valence-electron chi connectivity index (χ1n) is 6.26. The Balaban J connectivity index is 1.84. The molecular weight excluding hydrogens is 332 g/mol. The molecule has 3 rings (SSSR count). The number of anilines is 1. The average molecular weight is 343 g/mol. The number of hydrogen-bond acceptors (Lipinski definition) is 3. The lowest BCUT2D eigenvalue weighted by Crippen LogP contribution is -2.13. The molecule has 2 heterocycles. The van der Waals surface area contributed by atoms with Crippen LogP contribution >= 0.6 is 15.9 Å². The van der Waals surface area contributed by atoms with Gasteiger partial charge >= 0.3 is 0 Å². The lowest BCUT2D eigenvalue weighted by atomic mass is 10.2. The number of aromatic nitrogens is 3. The second-order valence-electron chi connectivity index (χ2n) is 4.30. The number of carbonyl (C=O) groups excluding carboxylic acids is 1. The predicted molar refractivity (Wildman–Crippen MR) is 83.5 cm³/mol. The van der Waals surface area contributed by atoms with Crippen molar-refractivity contribution in [3.05, 3.63) is 71.2 Å². The van der Waals surface area contributed by atoms with Crippen molar-refractivity contribution in [3.63, 3.8) is 0 Å². The van der Waals surface area contributed by atoms with Crippen LogP contribution in [0.25, 0.3) is 5.69 Å². The van der Waals surface area contributed by atoms with Gasteiger partial charge in [-0.2, -0.15) is 5.10 Å². The zero-order valence-corrected chi connectivity index (χ0v) is 12.5. The number of hydrogen-bond donors (Lipinski definition) is 1. The molecule has 2 aromatic heterocycles. The zero-order chi connectivity index (χ0) is 14.7. The van der Waals surface area contributed by atoms with Crippen LogP contribution in [0.2, 0.25) is 0 Å². The summed E-state index contributed by atoms with van der Waals surface area (Å²) in [5, 5.41) is 7.02. The number of nitrogens with one attached hydrogen (secondary N) is 1. The Kier molecular flexibility index (Phi) is 3.79. The van der Waals surface area contributed by atoms with Crippen LogP contribution in [-0.4, -0.2) is 20.7 Å². The normalized spacial score (nSPS) is 10.3. The molecule has 1 amide bonds. The summed E-state index contributed by atoms with van der Waals surface area (Å²) in [6.45, 7) is 0. The second-order valence-corrected chi connectivity index (χ2v) is 5.05. The first-order chi connectivity index (χ1) is 10.2. The predicted octanol–water partition coefficient (Wildman–Crippen LogP) is 3.28. The molecule has 1 N–H and O–H groups in total. The van der Waals surface area contributed by atoms with Crippen molar-refractivity contribution in [3.8, 4) is 5.69 Å². The fourth-order valence-corrected chi connectivity index (χ4v) is 2.33. The molecule has 0 aliphatic rings. The van der Waals surface area contributed by atoms with Gasteiger partial charge in [0.05, 0.1) is 11.3 Å². The van der Waals surface area contributed by atoms with Crippen LogP contribution in [0.5, 0.6) is 0 Å². The molecule has 3 aromatic rings. The van der Waals surface area contributed by atoms with Gasteiger partial charge in [0.25, 0.3) is 5.91 Å². The van der Waals surface area contributed by atoms with Crippen molar-refractivity contribution in [1.29, 1.82) is 0 Å². The van der Waals surface area contributed by atoms with Gasteiger partial charge in [0.15, 0.2) is 0 Å². The minimum atomic E-state index is -0.215. The van der Waals surface area contributed by atoms with Gasteiger partial charge in [0.2, 0.25) is 0 Å². The number of halogens is 1. The number of benzene rings is 1. The summed E-state index contributed by atoms with van der Waals surface area (Å²) in [5.74, 6) is -0.215. The van der Waals surface area contributed by atoms with E-state index in [1.165, 1.54) is 0 Å². The van der Waals surface area contributed by atoms with Crippen LogP contribution in [0, 0.1) is 0 Å². The summed E-state index contributed by atoms with van der Waals surface area (Å²) in [4.78, 5) is 16.3. The molecular formula is C15H11BrN4O. The smallest absolute Gasteiger partial charge is 0.258 e. The molecule has 0 saturated heterocycles. The summed E-state index contributed by atoms with van der Waals surface area (Å²) >= 11 is 3.27. The fraction of sp³-hybridized carbons (Fsp3) is 0. The maximum absolute atomic E-state index is 12.2. The van der Waals surface area contributed by atoms with Gasteiger partial charge in [0, 0.05) is 24.3 Å². The molecule has 5 nitrogen and oxygen atoms in total. The first-order valence-corrected chi connectivity index (χ1v) is 7.05. The Labute approximate surface area is 129 Å². The highest BCUT2D eigenvalue weighted by molar-refractivity contribution is 9.10. The lowest BCUT2D eigenvalue weighted by Gasteiger charge is -2.08. The summed E-state index contributed by atoms with van der Waals surface area (Å²) < 4.78 is 2.25. The molecule has 21 heavy (non-hydrogen) atoms. The van der Waals surface area contributed by atoms with Gasteiger partial charge in [-0.15, -0.1) is 0 Å². The van der Waals surface area contributed by atoms with Gasteiger partial charge in [-0.3, -0.25) is 4.79 Å². The van der Waals surface area contributed by atoms with Gasteiger partial charge in [0.1, 0.15) is 4.60 Å². The van der Waals surface area contributed by atoms with Crippen LogP contribution in [0.15, 0.2) is 65.7 Å². The zero-order valence-electron chi connectivity index (χ0n) is 10.9. The number of nitrogens with zero attached hydrogens (tertiary/aromatic N) is 3. The second kappa shape index (κ2) is 5.88. The first kappa shape index (κ1) is 13.5. The van der Waals surface area contributed by atoms with E-state index in [9.17, 15) is 4.79 Å². The Morgan fingerprint density at radius 1 is 1.14 bits per heavy atom. The van der Waals surface area contributed by atoms with Crippen LogP contribution < -0.4 is 5.32 Å². The molecule has 0 saturated carbocycles. The van der Waals surface area contributed by atoms with Gasteiger partial charge < -0.3 is 5.32 Å². The highest BCUT2D eigenvalue weighted by atomic mass is 79.9. The lowest BCUT2D eigenvalue weighted by molar-refractivity contribution is 0.102. The van der Waals surface area contributed by atoms with Crippen molar-refractivity contribution in [1.82, 2.24) is 14.8 Å². The van der Waals surface area contributed by atoms with Crippen molar-refractivity contribution in [2.45, 2.75) is 0 Å². The average Bonchev–Trinajstić information content (AvgIpc) is 3.02. The standard InChI is InChI=1S/C15H11BrN4O/c16-14-13(6-2-7-17-14)15(21)19-11-4-1-5-12(10-11)20-9-3-8-18-20/h1-10H,(H,19,21). The number of carbonyl (C=O) groups is 1. The van der Waals surface area contributed by atoms with E-state index in [1.54, 1.807) is 29.2 Å². The van der Waals surface area contributed by atoms with Gasteiger partial charge in [-0.05, 0) is 52.3 Å². The van der Waals surface area contributed by atoms with E-state index in [0.717, 1.165) is 5.69 Å². The third-order valence-electron chi connectivity index (χ3n) is 2.88. The van der Waals surface area contributed by atoms with E-state index in [2.05, 4.69) is 31.3 Å². The Bertz CT molecular complexity index is 771. The van der Waals surface area contributed by atoms with E-state index in [0.29, 0.717) is 15.9 Å². The third-order valence-corrected chi connectivity index (χ3v) is 3.51. The Morgan fingerprint density at radius 2 is 2.05 bits per heavy atom. The molecule has 0 unspecified atom stereocenters. The van der Waals surface area contributed by atoms with E-state index in [-0.39, 0.29) is 5.91 Å². The van der Waals surface area contributed by atoms with Crippen molar-refractivity contribution in [2.75, 3.05) is 5.32 Å². The molecule has 104 valence electrons. The number of amides is 1. The van der Waals surface area contributed by atoms with Gasteiger partial charge in [-0.1, -0.05) is 6.07 Å². The quantitative estimate of drug-likeness (QED) is 0.743. The van der Waals surface area contributed by atoms with E-state index in [1.807, 2.05) is 36.5 Å². The summed E-state index contributed by atoms with van der Waals surface area (Å²) in [6, 6.07) is 12.7. The molecule has 0 fully saturated rings. The van der Waals surface area contributed by atoms with Crippen LogP contribution in [-0.2, 0) is 0 Å². The van der Waals surface area contributed by atoms with E-state index >= 15 is 0 Å². The van der Waals surface area contributed by atoms with Crippen LogP contribution in [0.3, 0.4) is 0 Å². The highest BCUT2D eigenvalue weighted by Crippen LogP contribution is 2.17. The van der Waals surface area contributed by atoms with E-state index < -0.39 is 0 Å². The molecule has 0 aliphatic heterocycles. The molecule has 0 atom stereocenters. The number of pyridine rings is 1. The Morgan fingerprint density at radius 3 is 2.81 bits per heavy atom. The monoisotopic (exact) mass is 342 g/mol. The molecule has 0 spiro atoms. The third kappa shape index (κ3) is 3.00. The molecule has 0 aliphatic carbocycles. The van der Waals surface area contributed by atoms with Gasteiger partial charge in [-0.25, -0.2) is 9.67 Å². The summed E-state index contributed by atoms with van der Waals surface area (Å²) in [7, 11) is 0. The van der Waals surface area contributed by atoms with Crippen molar-refractivity contribution >= 4 is 27.5 Å².